The summed E-state index contributed by atoms with van der Waals surface area (Å²) in [4.78, 5) is 4.50. The first-order valence-electron chi connectivity index (χ1n) is 10.5. The summed E-state index contributed by atoms with van der Waals surface area (Å²) in [5, 5.41) is 13.5. The molecule has 0 saturated carbocycles. The first-order valence-corrected chi connectivity index (χ1v) is 10.5. The number of nitrogens with zero attached hydrogens (tertiary/aromatic N) is 2. The number of nitrogens with one attached hydrogen (secondary N) is 1. The van der Waals surface area contributed by atoms with E-state index in [1.807, 2.05) is 12.1 Å². The van der Waals surface area contributed by atoms with E-state index in [0.29, 0.717) is 24.6 Å². The zero-order valence-electron chi connectivity index (χ0n) is 18.1. The largest absolute Gasteiger partial charge is 0.493 e. The second kappa shape index (κ2) is 11.4. The lowest BCUT2D eigenvalue weighted by Crippen LogP contribution is -2.47. The van der Waals surface area contributed by atoms with Gasteiger partial charge in [-0.1, -0.05) is 6.07 Å². The van der Waals surface area contributed by atoms with Gasteiger partial charge in [-0.3, -0.25) is 4.90 Å². The van der Waals surface area contributed by atoms with Crippen molar-refractivity contribution in [3.63, 3.8) is 0 Å². The molecule has 6 nitrogen and oxygen atoms in total. The molecule has 2 aromatic carbocycles. The third-order valence-corrected chi connectivity index (χ3v) is 5.38. The molecule has 0 aromatic heterocycles. The molecule has 170 valence electrons. The number of hydrogen-bond acceptors (Lipinski definition) is 6. The summed E-state index contributed by atoms with van der Waals surface area (Å²) >= 11 is 0. The van der Waals surface area contributed by atoms with Crippen molar-refractivity contribution in [1.29, 1.82) is 0 Å². The van der Waals surface area contributed by atoms with Gasteiger partial charge in [0.25, 0.3) is 0 Å². The number of likely N-dealkylation sites (N-methyl/N-ethyl adjacent to an activating group) is 1. The number of hydrogen-bond donors (Lipinski definition) is 2. The molecule has 0 radical (unpaired) electrons. The monoisotopic (exact) mass is 435 g/mol. The Labute approximate surface area is 182 Å². The summed E-state index contributed by atoms with van der Waals surface area (Å²) in [7, 11) is 3.66. The van der Waals surface area contributed by atoms with Crippen LogP contribution in [0.4, 0.5) is 8.78 Å². The van der Waals surface area contributed by atoms with Crippen molar-refractivity contribution < 1.29 is 23.4 Å². The molecule has 0 amide bonds. The molecule has 1 fully saturated rings. The van der Waals surface area contributed by atoms with Crippen LogP contribution in [0.3, 0.4) is 0 Å². The minimum absolute atomic E-state index is 0.161. The zero-order valence-corrected chi connectivity index (χ0v) is 18.1. The Kier molecular flexibility index (Phi) is 8.60. The summed E-state index contributed by atoms with van der Waals surface area (Å²) in [5.74, 6) is 0.207. The highest BCUT2D eigenvalue weighted by Gasteiger charge is 2.18. The number of halogens is 2. The number of aliphatic hydroxyl groups excluding tert-OH is 1. The van der Waals surface area contributed by atoms with Gasteiger partial charge in [0, 0.05) is 51.4 Å². The van der Waals surface area contributed by atoms with Crippen LogP contribution < -0.4 is 14.8 Å². The Hall–Kier alpha value is -2.26. The van der Waals surface area contributed by atoms with Gasteiger partial charge in [0.05, 0.1) is 7.11 Å². The number of ether oxygens (including phenoxy) is 2. The highest BCUT2D eigenvalue weighted by atomic mass is 19.1. The van der Waals surface area contributed by atoms with Gasteiger partial charge in [0.2, 0.25) is 0 Å². The van der Waals surface area contributed by atoms with E-state index < -0.39 is 17.7 Å². The van der Waals surface area contributed by atoms with Crippen LogP contribution in [0.25, 0.3) is 0 Å². The van der Waals surface area contributed by atoms with E-state index in [1.54, 1.807) is 13.2 Å². The molecule has 1 aliphatic heterocycles. The fourth-order valence-electron chi connectivity index (χ4n) is 3.53. The molecule has 2 N–H and O–H groups in total. The van der Waals surface area contributed by atoms with Crippen LogP contribution in [0.5, 0.6) is 11.5 Å². The predicted molar refractivity (Wildman–Crippen MR) is 115 cm³/mol. The lowest BCUT2D eigenvalue weighted by atomic mass is 10.1. The van der Waals surface area contributed by atoms with Gasteiger partial charge in [-0.2, -0.15) is 0 Å². The van der Waals surface area contributed by atoms with Crippen LogP contribution in [0.1, 0.15) is 11.1 Å². The van der Waals surface area contributed by atoms with E-state index >= 15 is 0 Å². The van der Waals surface area contributed by atoms with Crippen molar-refractivity contribution in [3.05, 3.63) is 59.2 Å². The van der Waals surface area contributed by atoms with Crippen LogP contribution in [0, 0.1) is 11.6 Å². The molecule has 1 heterocycles. The Morgan fingerprint density at radius 3 is 2.55 bits per heavy atom. The van der Waals surface area contributed by atoms with Crippen molar-refractivity contribution in [2.45, 2.75) is 19.2 Å². The first-order chi connectivity index (χ1) is 14.9. The van der Waals surface area contributed by atoms with E-state index in [1.165, 1.54) is 6.07 Å². The summed E-state index contributed by atoms with van der Waals surface area (Å²) in [5.41, 5.74) is 1.18. The van der Waals surface area contributed by atoms with Gasteiger partial charge >= 0.3 is 0 Å². The van der Waals surface area contributed by atoms with Crippen LogP contribution in [0.15, 0.2) is 36.4 Å². The maximum Gasteiger partial charge on any atom is 0.161 e. The average Bonchev–Trinajstić information content (AvgIpc) is 2.76. The molecular formula is C23H31F2N3O3. The van der Waals surface area contributed by atoms with E-state index in [4.69, 9.17) is 9.47 Å². The van der Waals surface area contributed by atoms with E-state index in [-0.39, 0.29) is 18.7 Å². The average molecular weight is 436 g/mol. The maximum absolute atomic E-state index is 13.7. The molecule has 0 spiro atoms. The molecule has 8 heteroatoms. The number of methoxy groups -OCH3 is 1. The predicted octanol–water partition coefficient (Wildman–Crippen LogP) is 2.25. The van der Waals surface area contributed by atoms with Gasteiger partial charge in [0.1, 0.15) is 24.3 Å². The minimum atomic E-state index is -0.606. The van der Waals surface area contributed by atoms with Crippen molar-refractivity contribution in [1.82, 2.24) is 15.1 Å². The Morgan fingerprint density at radius 1 is 1.03 bits per heavy atom. The summed E-state index contributed by atoms with van der Waals surface area (Å²) < 4.78 is 38.3. The van der Waals surface area contributed by atoms with Gasteiger partial charge in [-0.05, 0) is 42.9 Å². The highest BCUT2D eigenvalue weighted by Crippen LogP contribution is 2.28. The molecule has 0 unspecified atom stereocenters. The molecule has 1 saturated heterocycles. The van der Waals surface area contributed by atoms with E-state index in [9.17, 15) is 13.9 Å². The first kappa shape index (κ1) is 23.4. The van der Waals surface area contributed by atoms with Gasteiger partial charge < -0.3 is 24.8 Å². The fourth-order valence-corrected chi connectivity index (χ4v) is 3.53. The van der Waals surface area contributed by atoms with Gasteiger partial charge in [-0.15, -0.1) is 0 Å². The molecule has 0 bridgehead atoms. The summed E-state index contributed by atoms with van der Waals surface area (Å²) in [6.45, 7) is 5.24. The van der Waals surface area contributed by atoms with Crippen LogP contribution in [0.2, 0.25) is 0 Å². The van der Waals surface area contributed by atoms with Crippen LogP contribution in [-0.2, 0) is 13.1 Å². The SMILES string of the molecule is COc1ccc(CNCc2cc(F)ccc2F)cc1OC[C@@H](O)CN1CCN(C)CC1. The Morgan fingerprint density at radius 2 is 1.81 bits per heavy atom. The second-order valence-electron chi connectivity index (χ2n) is 7.89. The number of rotatable bonds is 10. The standard InChI is InChI=1S/C23H31F2N3O3/c1-27-7-9-28(10-8-27)15-20(29)16-31-23-11-17(3-6-22(23)30-2)13-26-14-18-12-19(24)4-5-21(18)25/h3-6,11-12,20,26,29H,7-10,13-16H2,1-2H3/t20-/m0/s1. The molecule has 0 aliphatic carbocycles. The number of aliphatic hydroxyl groups is 1. The third-order valence-electron chi connectivity index (χ3n) is 5.38. The number of β-amino-alcohol motifs (C(OH)–C–C–N with tert-alkyl or cyclic N) is 1. The Balaban J connectivity index is 1.51. The normalized spacial score (nSPS) is 16.3. The lowest BCUT2D eigenvalue weighted by Gasteiger charge is -2.33. The van der Waals surface area contributed by atoms with Crippen LogP contribution >= 0.6 is 0 Å². The summed E-state index contributed by atoms with van der Waals surface area (Å²) in [6.07, 6.45) is -0.606. The molecule has 3 rings (SSSR count). The molecule has 31 heavy (non-hydrogen) atoms. The summed E-state index contributed by atoms with van der Waals surface area (Å²) in [6, 6.07) is 8.91. The van der Waals surface area contributed by atoms with E-state index in [2.05, 4.69) is 22.2 Å². The fraction of sp³-hybridized carbons (Fsp3) is 0.478. The number of piperazine rings is 1. The maximum atomic E-state index is 13.7. The highest BCUT2D eigenvalue weighted by molar-refractivity contribution is 5.43. The smallest absolute Gasteiger partial charge is 0.161 e. The molecule has 2 aromatic rings. The van der Waals surface area contributed by atoms with Crippen molar-refractivity contribution in [3.8, 4) is 11.5 Å². The van der Waals surface area contributed by atoms with E-state index in [0.717, 1.165) is 43.9 Å². The Bertz CT molecular complexity index is 845. The van der Waals surface area contributed by atoms with Crippen molar-refractivity contribution >= 4 is 0 Å². The topological polar surface area (TPSA) is 57.2 Å². The third kappa shape index (κ3) is 7.14. The van der Waals surface area contributed by atoms with Crippen molar-refractivity contribution in [2.24, 2.45) is 0 Å². The molecule has 1 atom stereocenters. The second-order valence-corrected chi connectivity index (χ2v) is 7.89. The quantitative estimate of drug-likeness (QED) is 0.597. The van der Waals surface area contributed by atoms with Gasteiger partial charge in [-0.25, -0.2) is 8.78 Å². The van der Waals surface area contributed by atoms with Gasteiger partial charge in [0.15, 0.2) is 11.5 Å². The number of benzene rings is 2. The van der Waals surface area contributed by atoms with Crippen LogP contribution in [-0.4, -0.2) is 74.5 Å². The zero-order chi connectivity index (χ0) is 22.2. The van der Waals surface area contributed by atoms with Crippen molar-refractivity contribution in [2.75, 3.05) is 53.5 Å². The molecule has 1 aliphatic rings. The minimum Gasteiger partial charge on any atom is -0.493 e. The lowest BCUT2D eigenvalue weighted by molar-refractivity contribution is 0.0497. The molecular weight excluding hydrogens is 404 g/mol.